The van der Waals surface area contributed by atoms with E-state index >= 15 is 0 Å². The number of nitrogens with one attached hydrogen (secondary N) is 1. The van der Waals surface area contributed by atoms with Crippen molar-refractivity contribution in [2.75, 3.05) is 32.0 Å². The highest BCUT2D eigenvalue weighted by molar-refractivity contribution is 5.88. The largest absolute Gasteiger partial charge is 0.324 e. The molecule has 0 aliphatic carbocycles. The third kappa shape index (κ3) is 4.31. The molecule has 28 heavy (non-hydrogen) atoms. The second-order valence-electron chi connectivity index (χ2n) is 7.48. The second kappa shape index (κ2) is 8.39. The van der Waals surface area contributed by atoms with Crippen LogP contribution in [0.25, 0.3) is 5.65 Å². The maximum atomic E-state index is 12.6. The minimum Gasteiger partial charge on any atom is -0.324 e. The summed E-state index contributed by atoms with van der Waals surface area (Å²) in [5.74, 6) is 1.22. The Hall–Kier alpha value is -2.93. The van der Waals surface area contributed by atoms with Gasteiger partial charge < -0.3 is 9.80 Å². The summed E-state index contributed by atoms with van der Waals surface area (Å²) in [5, 5.41) is 7.17. The minimum atomic E-state index is -0.0801. The number of benzene rings is 1. The lowest BCUT2D eigenvalue weighted by Crippen LogP contribution is -2.43. The van der Waals surface area contributed by atoms with Gasteiger partial charge in [-0.05, 0) is 43.5 Å². The first-order valence-corrected chi connectivity index (χ1v) is 9.76. The SMILES string of the molecule is CN(Cc1ccccc1)CC1CCN(C(=O)Nc2cnc3cccnn23)CC1. The molecule has 1 saturated heterocycles. The van der Waals surface area contributed by atoms with Gasteiger partial charge in [0.25, 0.3) is 0 Å². The summed E-state index contributed by atoms with van der Waals surface area (Å²) < 4.78 is 1.64. The highest BCUT2D eigenvalue weighted by Crippen LogP contribution is 2.20. The molecule has 0 radical (unpaired) electrons. The summed E-state index contributed by atoms with van der Waals surface area (Å²) in [4.78, 5) is 21.1. The predicted molar refractivity (Wildman–Crippen MR) is 109 cm³/mol. The summed E-state index contributed by atoms with van der Waals surface area (Å²) in [6, 6.07) is 14.2. The van der Waals surface area contributed by atoms with Crippen LogP contribution in [0.1, 0.15) is 18.4 Å². The lowest BCUT2D eigenvalue weighted by Gasteiger charge is -2.33. The minimum absolute atomic E-state index is 0.0801. The van der Waals surface area contributed by atoms with E-state index in [4.69, 9.17) is 0 Å². The van der Waals surface area contributed by atoms with E-state index in [0.29, 0.717) is 11.7 Å². The third-order valence-corrected chi connectivity index (χ3v) is 5.28. The summed E-state index contributed by atoms with van der Waals surface area (Å²) in [6.45, 7) is 3.57. The Morgan fingerprint density at radius 2 is 1.96 bits per heavy atom. The summed E-state index contributed by atoms with van der Waals surface area (Å²) >= 11 is 0. The molecule has 1 aliphatic rings. The fourth-order valence-corrected chi connectivity index (χ4v) is 3.82. The predicted octanol–water partition coefficient (Wildman–Crippen LogP) is 3.11. The number of imidazole rings is 1. The number of anilines is 1. The Bertz CT molecular complexity index is 917. The molecule has 2 aromatic heterocycles. The van der Waals surface area contributed by atoms with E-state index in [2.05, 4.69) is 51.6 Å². The van der Waals surface area contributed by atoms with E-state index in [9.17, 15) is 4.79 Å². The molecule has 1 fully saturated rings. The molecular weight excluding hydrogens is 352 g/mol. The summed E-state index contributed by atoms with van der Waals surface area (Å²) in [7, 11) is 2.17. The lowest BCUT2D eigenvalue weighted by atomic mass is 9.96. The van der Waals surface area contributed by atoms with E-state index < -0.39 is 0 Å². The number of carbonyl (C=O) groups excluding carboxylic acids is 1. The van der Waals surface area contributed by atoms with Crippen LogP contribution < -0.4 is 5.32 Å². The first-order chi connectivity index (χ1) is 13.7. The van der Waals surface area contributed by atoms with Crippen LogP contribution in [0, 0.1) is 5.92 Å². The first-order valence-electron chi connectivity index (χ1n) is 9.76. The van der Waals surface area contributed by atoms with Crippen LogP contribution in [0.5, 0.6) is 0 Å². The van der Waals surface area contributed by atoms with Gasteiger partial charge in [-0.3, -0.25) is 5.32 Å². The van der Waals surface area contributed by atoms with Gasteiger partial charge in [-0.1, -0.05) is 30.3 Å². The van der Waals surface area contributed by atoms with E-state index in [1.165, 1.54) is 5.56 Å². The molecule has 0 saturated carbocycles. The fourth-order valence-electron chi connectivity index (χ4n) is 3.82. The third-order valence-electron chi connectivity index (χ3n) is 5.28. The van der Waals surface area contributed by atoms with Crippen molar-refractivity contribution in [1.82, 2.24) is 24.4 Å². The monoisotopic (exact) mass is 378 g/mol. The number of urea groups is 1. The molecule has 7 heteroatoms. The standard InChI is InChI=1S/C21H26N6O/c1-25(15-17-6-3-2-4-7-17)16-18-9-12-26(13-10-18)21(28)24-20-14-22-19-8-5-11-23-27(19)20/h2-8,11,14,18H,9-10,12-13,15-16H2,1H3,(H,24,28). The van der Waals surface area contributed by atoms with Gasteiger partial charge in [-0.2, -0.15) is 9.61 Å². The molecule has 3 heterocycles. The van der Waals surface area contributed by atoms with Crippen LogP contribution in [0.3, 0.4) is 0 Å². The molecule has 0 spiro atoms. The number of carbonyl (C=O) groups is 1. The number of fused-ring (bicyclic) bond motifs is 1. The van der Waals surface area contributed by atoms with Gasteiger partial charge >= 0.3 is 6.03 Å². The zero-order chi connectivity index (χ0) is 19.3. The van der Waals surface area contributed by atoms with Gasteiger partial charge in [0, 0.05) is 32.4 Å². The molecule has 2 amide bonds. The van der Waals surface area contributed by atoms with Crippen LogP contribution in [-0.2, 0) is 6.54 Å². The maximum Gasteiger partial charge on any atom is 0.323 e. The fraction of sp³-hybridized carbons (Fsp3) is 0.381. The topological polar surface area (TPSA) is 65.8 Å². The Balaban J connectivity index is 1.26. The Kier molecular flexibility index (Phi) is 5.53. The summed E-state index contributed by atoms with van der Waals surface area (Å²) in [5.41, 5.74) is 2.06. The second-order valence-corrected chi connectivity index (χ2v) is 7.48. The molecule has 146 valence electrons. The van der Waals surface area contributed by atoms with Gasteiger partial charge in [0.15, 0.2) is 11.5 Å². The van der Waals surface area contributed by atoms with E-state index in [-0.39, 0.29) is 6.03 Å². The lowest BCUT2D eigenvalue weighted by molar-refractivity contribution is 0.162. The number of hydrogen-bond donors (Lipinski definition) is 1. The smallest absolute Gasteiger partial charge is 0.323 e. The molecule has 3 aromatic rings. The number of hydrogen-bond acceptors (Lipinski definition) is 4. The number of rotatable bonds is 5. The Morgan fingerprint density at radius 1 is 1.18 bits per heavy atom. The van der Waals surface area contributed by atoms with Crippen LogP contribution >= 0.6 is 0 Å². The maximum absolute atomic E-state index is 12.6. The molecule has 7 nitrogen and oxygen atoms in total. The number of likely N-dealkylation sites (tertiary alicyclic amines) is 1. The Labute approximate surface area is 165 Å². The van der Waals surface area contributed by atoms with Gasteiger partial charge in [-0.15, -0.1) is 0 Å². The molecule has 0 bridgehead atoms. The van der Waals surface area contributed by atoms with Gasteiger partial charge in [-0.25, -0.2) is 9.78 Å². The van der Waals surface area contributed by atoms with Crippen molar-refractivity contribution < 1.29 is 4.79 Å². The van der Waals surface area contributed by atoms with E-state index in [0.717, 1.165) is 44.7 Å². The average molecular weight is 378 g/mol. The van der Waals surface area contributed by atoms with Crippen LogP contribution in [0.15, 0.2) is 54.9 Å². The number of piperidine rings is 1. The highest BCUT2D eigenvalue weighted by Gasteiger charge is 2.24. The van der Waals surface area contributed by atoms with Crippen molar-refractivity contribution in [3.63, 3.8) is 0 Å². The first kappa shape index (κ1) is 18.4. The normalized spacial score (nSPS) is 15.3. The van der Waals surface area contributed by atoms with Crippen LogP contribution in [0.2, 0.25) is 0 Å². The quantitative estimate of drug-likeness (QED) is 0.741. The average Bonchev–Trinajstić information content (AvgIpc) is 3.12. The van der Waals surface area contributed by atoms with Crippen LogP contribution in [0.4, 0.5) is 10.6 Å². The molecule has 0 unspecified atom stereocenters. The van der Waals surface area contributed by atoms with Crippen molar-refractivity contribution in [1.29, 1.82) is 0 Å². The number of amides is 2. The molecule has 4 rings (SSSR count). The molecule has 1 aliphatic heterocycles. The van der Waals surface area contributed by atoms with Gasteiger partial charge in [0.05, 0.1) is 6.20 Å². The molecular formula is C21H26N6O. The van der Waals surface area contributed by atoms with E-state index in [1.807, 2.05) is 23.1 Å². The molecule has 0 atom stereocenters. The van der Waals surface area contributed by atoms with E-state index in [1.54, 1.807) is 16.9 Å². The van der Waals surface area contributed by atoms with Gasteiger partial charge in [0.1, 0.15) is 0 Å². The zero-order valence-electron chi connectivity index (χ0n) is 16.2. The molecule has 1 N–H and O–H groups in total. The van der Waals surface area contributed by atoms with Crippen LogP contribution in [-0.4, -0.2) is 57.1 Å². The van der Waals surface area contributed by atoms with Crippen molar-refractivity contribution in [3.05, 3.63) is 60.4 Å². The number of aromatic nitrogens is 3. The zero-order valence-corrected chi connectivity index (χ0v) is 16.2. The molecule has 1 aromatic carbocycles. The van der Waals surface area contributed by atoms with Gasteiger partial charge in [0.2, 0.25) is 0 Å². The number of nitrogens with zero attached hydrogens (tertiary/aromatic N) is 5. The Morgan fingerprint density at radius 3 is 2.75 bits per heavy atom. The van der Waals surface area contributed by atoms with Crippen molar-refractivity contribution in [2.24, 2.45) is 5.92 Å². The summed E-state index contributed by atoms with van der Waals surface area (Å²) in [6.07, 6.45) is 5.38. The highest BCUT2D eigenvalue weighted by atomic mass is 16.2. The van der Waals surface area contributed by atoms with Crippen molar-refractivity contribution in [2.45, 2.75) is 19.4 Å². The van der Waals surface area contributed by atoms with Crippen molar-refractivity contribution >= 4 is 17.5 Å². The van der Waals surface area contributed by atoms with Crippen molar-refractivity contribution in [3.8, 4) is 0 Å².